The van der Waals surface area contributed by atoms with Crippen molar-refractivity contribution in [3.8, 4) is 0 Å². The molecule has 1 aromatic heterocycles. The molecule has 2 rings (SSSR count). The number of ether oxygens (including phenoxy) is 1. The topological polar surface area (TPSA) is 21.3 Å². The Morgan fingerprint density at radius 1 is 1.56 bits per heavy atom. The lowest BCUT2D eigenvalue weighted by Gasteiger charge is -2.17. The van der Waals surface area contributed by atoms with Gasteiger partial charge in [0, 0.05) is 24.6 Å². The molecule has 90 valence electrons. The Kier molecular flexibility index (Phi) is 4.38. The number of hydrogen-bond donors (Lipinski definition) is 1. The maximum Gasteiger partial charge on any atom is 0.0618 e. The third-order valence-corrected chi connectivity index (χ3v) is 4.35. The van der Waals surface area contributed by atoms with Gasteiger partial charge in [-0.2, -0.15) is 0 Å². The molecule has 1 unspecified atom stereocenters. The molecule has 0 amide bonds. The molecule has 3 heteroatoms. The summed E-state index contributed by atoms with van der Waals surface area (Å²) in [6.07, 6.45) is 3.90. The highest BCUT2D eigenvalue weighted by Gasteiger charge is 2.30. The molecule has 2 nitrogen and oxygen atoms in total. The van der Waals surface area contributed by atoms with Crippen molar-refractivity contribution in [2.24, 2.45) is 5.92 Å². The zero-order chi connectivity index (χ0) is 11.4. The van der Waals surface area contributed by atoms with Crippen LogP contribution in [0.3, 0.4) is 0 Å². The summed E-state index contributed by atoms with van der Waals surface area (Å²) in [5.41, 5.74) is 1.43. The minimum atomic E-state index is 0.574. The van der Waals surface area contributed by atoms with Gasteiger partial charge in [-0.3, -0.25) is 0 Å². The van der Waals surface area contributed by atoms with Crippen LogP contribution in [-0.2, 0) is 11.2 Å². The largest absolute Gasteiger partial charge is 0.383 e. The van der Waals surface area contributed by atoms with E-state index >= 15 is 0 Å². The van der Waals surface area contributed by atoms with Gasteiger partial charge in [0.2, 0.25) is 0 Å². The molecule has 1 aliphatic carbocycles. The van der Waals surface area contributed by atoms with E-state index in [2.05, 4.69) is 23.7 Å². The van der Waals surface area contributed by atoms with E-state index in [0.29, 0.717) is 6.04 Å². The van der Waals surface area contributed by atoms with Gasteiger partial charge >= 0.3 is 0 Å². The minimum Gasteiger partial charge on any atom is -0.383 e. The van der Waals surface area contributed by atoms with Crippen LogP contribution >= 0.6 is 11.3 Å². The molecule has 0 saturated heterocycles. The first-order valence-corrected chi connectivity index (χ1v) is 6.94. The molecule has 1 N–H and O–H groups in total. The van der Waals surface area contributed by atoms with Crippen LogP contribution < -0.4 is 5.32 Å². The number of aryl methyl sites for hydroxylation is 1. The average molecular weight is 239 g/mol. The first-order chi connectivity index (χ1) is 7.81. The summed E-state index contributed by atoms with van der Waals surface area (Å²) in [6.45, 7) is 4.12. The predicted molar refractivity (Wildman–Crippen MR) is 69.2 cm³/mol. The Balaban J connectivity index is 1.71. The molecule has 16 heavy (non-hydrogen) atoms. The lowest BCUT2D eigenvalue weighted by molar-refractivity contribution is 0.158. The van der Waals surface area contributed by atoms with Crippen molar-refractivity contribution in [1.29, 1.82) is 0 Å². The van der Waals surface area contributed by atoms with Crippen LogP contribution in [0, 0.1) is 12.8 Å². The second-order valence-corrected chi connectivity index (χ2v) is 5.63. The fourth-order valence-corrected chi connectivity index (χ4v) is 2.98. The lowest BCUT2D eigenvalue weighted by atomic mass is 10.2. The Morgan fingerprint density at radius 3 is 2.94 bits per heavy atom. The van der Waals surface area contributed by atoms with E-state index < -0.39 is 0 Å². The van der Waals surface area contributed by atoms with Gasteiger partial charge in [0.15, 0.2) is 0 Å². The summed E-state index contributed by atoms with van der Waals surface area (Å²) < 4.78 is 5.26. The summed E-state index contributed by atoms with van der Waals surface area (Å²) in [5.74, 6) is 0.865. The number of thiophene rings is 1. The SMILES string of the molecule is COCC(NCCc1sccc1C)C1CC1. The van der Waals surface area contributed by atoms with Gasteiger partial charge in [-0.25, -0.2) is 0 Å². The molecule has 0 aliphatic heterocycles. The molecule has 1 aliphatic rings. The van der Waals surface area contributed by atoms with Crippen molar-refractivity contribution in [3.05, 3.63) is 21.9 Å². The van der Waals surface area contributed by atoms with Crippen molar-refractivity contribution in [3.63, 3.8) is 0 Å². The van der Waals surface area contributed by atoms with Crippen molar-refractivity contribution in [1.82, 2.24) is 5.32 Å². The van der Waals surface area contributed by atoms with Crippen LogP contribution in [0.15, 0.2) is 11.4 Å². The zero-order valence-electron chi connectivity index (χ0n) is 10.2. The molecule has 1 fully saturated rings. The standard InChI is InChI=1S/C13H21NOS/c1-10-6-8-16-13(10)5-7-14-12(9-15-2)11-3-4-11/h6,8,11-12,14H,3-5,7,9H2,1-2H3. The molecular weight excluding hydrogens is 218 g/mol. The van der Waals surface area contributed by atoms with E-state index in [1.54, 1.807) is 7.11 Å². The normalized spacial score (nSPS) is 17.6. The van der Waals surface area contributed by atoms with Gasteiger partial charge in [0.05, 0.1) is 6.61 Å². The fraction of sp³-hybridized carbons (Fsp3) is 0.692. The van der Waals surface area contributed by atoms with Crippen molar-refractivity contribution < 1.29 is 4.74 Å². The number of nitrogens with one attached hydrogen (secondary N) is 1. The van der Waals surface area contributed by atoms with Crippen LogP contribution in [0.2, 0.25) is 0 Å². The van der Waals surface area contributed by atoms with Gasteiger partial charge in [-0.1, -0.05) is 0 Å². The van der Waals surface area contributed by atoms with Crippen LogP contribution in [0.4, 0.5) is 0 Å². The average Bonchev–Trinajstić information content (AvgIpc) is 3.03. The molecule has 0 radical (unpaired) electrons. The first kappa shape index (κ1) is 12.1. The highest BCUT2D eigenvalue weighted by atomic mass is 32.1. The maximum absolute atomic E-state index is 5.26. The highest BCUT2D eigenvalue weighted by molar-refractivity contribution is 7.10. The number of methoxy groups -OCH3 is 1. The second kappa shape index (κ2) is 5.80. The molecule has 0 spiro atoms. The highest BCUT2D eigenvalue weighted by Crippen LogP contribution is 2.32. The zero-order valence-corrected chi connectivity index (χ0v) is 11.0. The van der Waals surface area contributed by atoms with Gasteiger partial charge in [-0.15, -0.1) is 11.3 Å². The molecule has 1 atom stereocenters. The van der Waals surface area contributed by atoms with E-state index in [0.717, 1.165) is 25.5 Å². The van der Waals surface area contributed by atoms with E-state index in [1.165, 1.54) is 23.3 Å². The predicted octanol–water partition coefficient (Wildman–Crippen LogP) is 2.61. The Hall–Kier alpha value is -0.380. The van der Waals surface area contributed by atoms with Gasteiger partial charge < -0.3 is 10.1 Å². The van der Waals surface area contributed by atoms with Crippen LogP contribution in [-0.4, -0.2) is 26.3 Å². The molecule has 0 aromatic carbocycles. The fourth-order valence-electron chi connectivity index (χ4n) is 2.07. The number of hydrogen-bond acceptors (Lipinski definition) is 3. The second-order valence-electron chi connectivity index (χ2n) is 4.63. The van der Waals surface area contributed by atoms with Gasteiger partial charge in [0.1, 0.15) is 0 Å². The third kappa shape index (κ3) is 3.30. The monoisotopic (exact) mass is 239 g/mol. The lowest BCUT2D eigenvalue weighted by Crippen LogP contribution is -2.36. The van der Waals surface area contributed by atoms with Crippen LogP contribution in [0.25, 0.3) is 0 Å². The maximum atomic E-state index is 5.26. The molecule has 0 bridgehead atoms. The molecular formula is C13H21NOS. The van der Waals surface area contributed by atoms with E-state index in [4.69, 9.17) is 4.74 Å². The Labute approximate surface area is 102 Å². The Bertz CT molecular complexity index is 319. The van der Waals surface area contributed by atoms with Crippen molar-refractivity contribution in [2.75, 3.05) is 20.3 Å². The summed E-state index contributed by atoms with van der Waals surface area (Å²) >= 11 is 1.87. The van der Waals surface area contributed by atoms with E-state index in [-0.39, 0.29) is 0 Å². The van der Waals surface area contributed by atoms with Crippen LogP contribution in [0.5, 0.6) is 0 Å². The number of rotatable bonds is 7. The smallest absolute Gasteiger partial charge is 0.0618 e. The van der Waals surface area contributed by atoms with Crippen LogP contribution in [0.1, 0.15) is 23.3 Å². The van der Waals surface area contributed by atoms with Crippen molar-refractivity contribution in [2.45, 2.75) is 32.2 Å². The van der Waals surface area contributed by atoms with Gasteiger partial charge in [0.25, 0.3) is 0 Å². The minimum absolute atomic E-state index is 0.574. The van der Waals surface area contributed by atoms with Gasteiger partial charge in [-0.05, 0) is 49.1 Å². The van der Waals surface area contributed by atoms with E-state index in [9.17, 15) is 0 Å². The quantitative estimate of drug-likeness (QED) is 0.790. The summed E-state index contributed by atoms with van der Waals surface area (Å²) in [5, 5.41) is 5.81. The molecule has 1 saturated carbocycles. The van der Waals surface area contributed by atoms with Crippen molar-refractivity contribution >= 4 is 11.3 Å². The first-order valence-electron chi connectivity index (χ1n) is 6.06. The summed E-state index contributed by atoms with van der Waals surface area (Å²) in [6, 6.07) is 2.78. The molecule has 1 heterocycles. The summed E-state index contributed by atoms with van der Waals surface area (Å²) in [4.78, 5) is 1.51. The van der Waals surface area contributed by atoms with E-state index in [1.807, 2.05) is 11.3 Å². The molecule has 1 aromatic rings. The summed E-state index contributed by atoms with van der Waals surface area (Å²) in [7, 11) is 1.79. The third-order valence-electron chi connectivity index (χ3n) is 3.26. The Morgan fingerprint density at radius 2 is 2.38 bits per heavy atom.